The van der Waals surface area contributed by atoms with Gasteiger partial charge in [-0.1, -0.05) is 12.1 Å². The van der Waals surface area contributed by atoms with Crippen LogP contribution in [0.4, 0.5) is 0 Å². The summed E-state index contributed by atoms with van der Waals surface area (Å²) in [5.74, 6) is 0. The van der Waals surface area contributed by atoms with Gasteiger partial charge in [-0.15, -0.1) is 0 Å². The fourth-order valence-corrected chi connectivity index (χ4v) is 2.46. The third-order valence-corrected chi connectivity index (χ3v) is 3.93. The minimum Gasteiger partial charge on any atom is -0.379 e. The predicted molar refractivity (Wildman–Crippen MR) is 64.7 cm³/mol. The lowest BCUT2D eigenvalue weighted by Crippen LogP contribution is -2.25. The van der Waals surface area contributed by atoms with Crippen LogP contribution >= 0.6 is 10.7 Å². The number of hydrogen-bond acceptors (Lipinski definition) is 4. The van der Waals surface area contributed by atoms with Gasteiger partial charge in [0.25, 0.3) is 9.05 Å². The molecule has 1 aromatic heterocycles. The Kier molecular flexibility index (Phi) is 3.07. The van der Waals surface area contributed by atoms with Gasteiger partial charge in [0.15, 0.2) is 0 Å². The second-order valence-corrected chi connectivity index (χ2v) is 6.29. The van der Waals surface area contributed by atoms with Crippen LogP contribution in [0.5, 0.6) is 0 Å². The minimum absolute atomic E-state index is 0.000210. The first-order valence-electron chi connectivity index (χ1n) is 4.90. The van der Waals surface area contributed by atoms with E-state index in [1.807, 2.05) is 0 Å². The summed E-state index contributed by atoms with van der Waals surface area (Å²) in [6.07, 6.45) is 5.77. The minimum atomic E-state index is -3.74. The lowest BCUT2D eigenvalue weighted by Gasteiger charge is -2.25. The van der Waals surface area contributed by atoms with Gasteiger partial charge < -0.3 is 5.11 Å². The molecule has 1 aromatic rings. The first-order chi connectivity index (χ1) is 7.92. The number of rotatable bonds is 2. The molecule has 0 bridgehead atoms. The van der Waals surface area contributed by atoms with E-state index in [2.05, 4.69) is 4.98 Å². The quantitative estimate of drug-likeness (QED) is 0.831. The molecule has 1 N–H and O–H groups in total. The fourth-order valence-electron chi connectivity index (χ4n) is 1.60. The molecule has 0 saturated carbocycles. The van der Waals surface area contributed by atoms with E-state index in [1.165, 1.54) is 18.2 Å². The highest BCUT2D eigenvalue weighted by atomic mass is 35.7. The third kappa shape index (κ3) is 2.57. The molecule has 0 fully saturated rings. The van der Waals surface area contributed by atoms with E-state index in [1.54, 1.807) is 24.4 Å². The van der Waals surface area contributed by atoms with Crippen molar-refractivity contribution in [2.75, 3.05) is 0 Å². The summed E-state index contributed by atoms with van der Waals surface area (Å²) in [6.45, 7) is 0. The van der Waals surface area contributed by atoms with E-state index in [9.17, 15) is 13.5 Å². The molecular weight excluding hydrogens is 262 g/mol. The lowest BCUT2D eigenvalue weighted by molar-refractivity contribution is 0.0867. The van der Waals surface area contributed by atoms with Crippen LogP contribution in [-0.2, 0) is 14.7 Å². The van der Waals surface area contributed by atoms with Crippen molar-refractivity contribution in [2.24, 2.45) is 0 Å². The van der Waals surface area contributed by atoms with Crippen molar-refractivity contribution in [1.29, 1.82) is 0 Å². The van der Waals surface area contributed by atoms with Crippen molar-refractivity contribution in [3.05, 3.63) is 53.2 Å². The van der Waals surface area contributed by atoms with E-state index in [-0.39, 0.29) is 11.3 Å². The van der Waals surface area contributed by atoms with Gasteiger partial charge in [-0.25, -0.2) is 8.42 Å². The molecular formula is C11H10ClNO3S. The molecule has 1 aliphatic rings. The molecule has 0 unspecified atom stereocenters. The average molecular weight is 272 g/mol. The Morgan fingerprint density at radius 1 is 1.41 bits per heavy atom. The molecule has 0 aliphatic heterocycles. The number of allylic oxidation sites excluding steroid dienone is 1. The van der Waals surface area contributed by atoms with Gasteiger partial charge in [-0.05, 0) is 24.3 Å². The van der Waals surface area contributed by atoms with Crippen LogP contribution in [-0.4, -0.2) is 18.5 Å². The van der Waals surface area contributed by atoms with Crippen LogP contribution < -0.4 is 0 Å². The van der Waals surface area contributed by atoms with E-state index in [0.29, 0.717) is 5.69 Å². The van der Waals surface area contributed by atoms with Crippen LogP contribution in [0.2, 0.25) is 0 Å². The SMILES string of the molecule is O=S(=O)(Cl)C1=CC[C@](O)(c2ccccn2)C=C1. The molecule has 17 heavy (non-hydrogen) atoms. The molecule has 90 valence electrons. The summed E-state index contributed by atoms with van der Waals surface area (Å²) in [5, 5.41) is 10.3. The maximum atomic E-state index is 11.1. The van der Waals surface area contributed by atoms with Gasteiger partial charge >= 0.3 is 0 Å². The molecule has 0 saturated heterocycles. The van der Waals surface area contributed by atoms with Crippen LogP contribution in [0, 0.1) is 0 Å². The van der Waals surface area contributed by atoms with Crippen molar-refractivity contribution in [3.8, 4) is 0 Å². The summed E-state index contributed by atoms with van der Waals surface area (Å²) in [4.78, 5) is 4.05. The van der Waals surface area contributed by atoms with E-state index >= 15 is 0 Å². The van der Waals surface area contributed by atoms with Crippen LogP contribution in [0.15, 0.2) is 47.5 Å². The average Bonchev–Trinajstić information content (AvgIpc) is 2.29. The lowest BCUT2D eigenvalue weighted by atomic mass is 9.91. The Labute approximate surface area is 104 Å². The molecule has 0 spiro atoms. The first-order valence-corrected chi connectivity index (χ1v) is 7.21. The normalized spacial score (nSPS) is 24.5. The second-order valence-electron chi connectivity index (χ2n) is 3.72. The number of aliphatic hydroxyl groups is 1. The van der Waals surface area contributed by atoms with E-state index in [0.717, 1.165) is 0 Å². The van der Waals surface area contributed by atoms with Crippen LogP contribution in [0.3, 0.4) is 0 Å². The van der Waals surface area contributed by atoms with Crippen LogP contribution in [0.1, 0.15) is 12.1 Å². The van der Waals surface area contributed by atoms with Gasteiger partial charge in [-0.2, -0.15) is 0 Å². The molecule has 6 heteroatoms. The van der Waals surface area contributed by atoms with Gasteiger partial charge in [0, 0.05) is 23.3 Å². The van der Waals surface area contributed by atoms with Crippen molar-refractivity contribution >= 4 is 19.7 Å². The number of nitrogens with zero attached hydrogens (tertiary/aromatic N) is 1. The Bertz CT molecular complexity index is 580. The summed E-state index contributed by atoms with van der Waals surface area (Å²) in [5.41, 5.74) is -0.801. The van der Waals surface area contributed by atoms with Gasteiger partial charge in [0.05, 0.1) is 10.6 Å². The standard InChI is InChI=1S/C11H10ClNO3S/c12-17(15,16)9-4-6-11(14,7-5-9)10-3-1-2-8-13-10/h1-6,8,14H,7H2/t11-/m0/s1. The molecule has 2 rings (SSSR count). The highest BCUT2D eigenvalue weighted by molar-refractivity contribution is 8.17. The third-order valence-electron chi connectivity index (χ3n) is 2.53. The molecule has 1 aliphatic carbocycles. The van der Waals surface area contributed by atoms with E-state index < -0.39 is 14.7 Å². The number of aromatic nitrogens is 1. The molecule has 1 atom stereocenters. The van der Waals surface area contributed by atoms with Crippen LogP contribution in [0.25, 0.3) is 0 Å². The topological polar surface area (TPSA) is 67.3 Å². The Morgan fingerprint density at radius 2 is 2.18 bits per heavy atom. The number of hydrogen-bond donors (Lipinski definition) is 1. The summed E-state index contributed by atoms with van der Waals surface area (Å²) < 4.78 is 22.2. The summed E-state index contributed by atoms with van der Waals surface area (Å²) >= 11 is 0. The molecule has 4 nitrogen and oxygen atoms in total. The van der Waals surface area contributed by atoms with Gasteiger partial charge in [0.2, 0.25) is 0 Å². The molecule has 0 aromatic carbocycles. The zero-order chi connectivity index (χ0) is 12.5. The fraction of sp³-hybridized carbons (Fsp3) is 0.182. The van der Waals surface area contributed by atoms with E-state index in [4.69, 9.17) is 10.7 Å². The highest BCUT2D eigenvalue weighted by Crippen LogP contribution is 2.32. The second kappa shape index (κ2) is 4.25. The zero-order valence-electron chi connectivity index (χ0n) is 8.75. The maximum Gasteiger partial charge on any atom is 0.260 e. The summed E-state index contributed by atoms with van der Waals surface area (Å²) in [7, 11) is 1.46. The molecule has 1 heterocycles. The predicted octanol–water partition coefficient (Wildman–Crippen LogP) is 1.68. The maximum absolute atomic E-state index is 11.1. The van der Waals surface area contributed by atoms with Crippen molar-refractivity contribution in [3.63, 3.8) is 0 Å². The summed E-state index contributed by atoms with van der Waals surface area (Å²) in [6, 6.07) is 5.17. The molecule has 0 amide bonds. The largest absolute Gasteiger partial charge is 0.379 e. The smallest absolute Gasteiger partial charge is 0.260 e. The number of halogens is 1. The van der Waals surface area contributed by atoms with Gasteiger partial charge in [0.1, 0.15) is 5.60 Å². The first kappa shape index (κ1) is 12.3. The molecule has 0 radical (unpaired) electrons. The zero-order valence-corrected chi connectivity index (χ0v) is 10.3. The van der Waals surface area contributed by atoms with Crippen molar-refractivity contribution in [1.82, 2.24) is 4.98 Å². The Hall–Kier alpha value is -1.17. The van der Waals surface area contributed by atoms with Gasteiger partial charge in [-0.3, -0.25) is 4.98 Å². The number of pyridine rings is 1. The Morgan fingerprint density at radius 3 is 2.65 bits per heavy atom. The Balaban J connectivity index is 2.31. The van der Waals surface area contributed by atoms with Crippen molar-refractivity contribution < 1.29 is 13.5 Å². The van der Waals surface area contributed by atoms with Crippen molar-refractivity contribution in [2.45, 2.75) is 12.0 Å². The highest BCUT2D eigenvalue weighted by Gasteiger charge is 2.30. The monoisotopic (exact) mass is 271 g/mol.